The molecule has 0 spiro atoms. The van der Waals surface area contributed by atoms with Gasteiger partial charge in [0.05, 0.1) is 19.4 Å². The second-order valence-electron chi connectivity index (χ2n) is 5.16. The fourth-order valence-electron chi connectivity index (χ4n) is 2.40. The minimum atomic E-state index is -0.0444. The lowest BCUT2D eigenvalue weighted by molar-refractivity contribution is 0.274. The van der Waals surface area contributed by atoms with E-state index in [2.05, 4.69) is 22.5 Å². The summed E-state index contributed by atoms with van der Waals surface area (Å²) in [6, 6.07) is 15.8. The van der Waals surface area contributed by atoms with Crippen molar-refractivity contribution in [2.75, 3.05) is 12.4 Å². The molecule has 0 bridgehead atoms. The first kappa shape index (κ1) is 15.1. The third kappa shape index (κ3) is 3.52. The average Bonchev–Trinajstić information content (AvgIpc) is 3.14. The smallest absolute Gasteiger partial charge is 0.124 e. The summed E-state index contributed by atoms with van der Waals surface area (Å²) in [6.07, 6.45) is 3.68. The molecular weight excluding hydrogens is 290 g/mol. The molecule has 2 aromatic carbocycles. The van der Waals surface area contributed by atoms with Crippen LogP contribution in [0.15, 0.2) is 60.9 Å². The molecule has 118 valence electrons. The SMILES string of the molecule is COc1ccc(NCc2ccc(-n3cccn3)cc2)cc1CO. The second-order valence-corrected chi connectivity index (χ2v) is 5.16. The van der Waals surface area contributed by atoms with Gasteiger partial charge in [0.1, 0.15) is 5.75 Å². The van der Waals surface area contributed by atoms with Crippen molar-refractivity contribution in [3.8, 4) is 11.4 Å². The molecule has 0 fully saturated rings. The molecule has 3 rings (SSSR count). The minimum Gasteiger partial charge on any atom is -0.496 e. The first-order valence-corrected chi connectivity index (χ1v) is 7.41. The Labute approximate surface area is 135 Å². The van der Waals surface area contributed by atoms with Gasteiger partial charge in [-0.3, -0.25) is 0 Å². The standard InChI is InChI=1S/C18H19N3O2/c1-23-18-8-5-16(11-15(18)13-22)19-12-14-3-6-17(7-4-14)21-10-2-9-20-21/h2-11,19,22H,12-13H2,1H3. The molecule has 5 nitrogen and oxygen atoms in total. The van der Waals surface area contributed by atoms with Crippen LogP contribution in [0.5, 0.6) is 5.75 Å². The molecule has 0 aliphatic carbocycles. The Bertz CT molecular complexity index is 752. The quantitative estimate of drug-likeness (QED) is 0.735. The van der Waals surface area contributed by atoms with Crippen LogP contribution >= 0.6 is 0 Å². The number of aliphatic hydroxyl groups excluding tert-OH is 1. The first-order chi connectivity index (χ1) is 11.3. The fraction of sp³-hybridized carbons (Fsp3) is 0.167. The van der Waals surface area contributed by atoms with E-state index in [9.17, 15) is 5.11 Å². The first-order valence-electron chi connectivity index (χ1n) is 7.41. The summed E-state index contributed by atoms with van der Waals surface area (Å²) in [5.74, 6) is 0.696. The van der Waals surface area contributed by atoms with E-state index in [0.717, 1.165) is 16.9 Å². The maximum absolute atomic E-state index is 9.36. The molecule has 0 unspecified atom stereocenters. The molecule has 23 heavy (non-hydrogen) atoms. The highest BCUT2D eigenvalue weighted by Crippen LogP contribution is 2.23. The van der Waals surface area contributed by atoms with Crippen molar-refractivity contribution in [2.24, 2.45) is 0 Å². The normalized spacial score (nSPS) is 10.5. The van der Waals surface area contributed by atoms with Crippen LogP contribution in [0.25, 0.3) is 5.69 Å². The highest BCUT2D eigenvalue weighted by atomic mass is 16.5. The summed E-state index contributed by atoms with van der Waals surface area (Å²) >= 11 is 0. The Morgan fingerprint density at radius 3 is 2.65 bits per heavy atom. The zero-order chi connectivity index (χ0) is 16.1. The van der Waals surface area contributed by atoms with Crippen LogP contribution in [0.4, 0.5) is 5.69 Å². The third-order valence-corrected chi connectivity index (χ3v) is 3.65. The van der Waals surface area contributed by atoms with E-state index in [0.29, 0.717) is 12.3 Å². The second kappa shape index (κ2) is 6.98. The molecule has 0 saturated carbocycles. The molecule has 0 radical (unpaired) electrons. The van der Waals surface area contributed by atoms with Gasteiger partial charge in [-0.1, -0.05) is 12.1 Å². The number of nitrogens with zero attached hydrogens (tertiary/aromatic N) is 2. The van der Waals surface area contributed by atoms with Crippen molar-refractivity contribution in [1.29, 1.82) is 0 Å². The molecule has 0 amide bonds. The number of ether oxygens (including phenoxy) is 1. The van der Waals surface area contributed by atoms with Gasteiger partial charge in [0.25, 0.3) is 0 Å². The van der Waals surface area contributed by atoms with Gasteiger partial charge >= 0.3 is 0 Å². The Kier molecular flexibility index (Phi) is 4.59. The summed E-state index contributed by atoms with van der Waals surface area (Å²) in [6.45, 7) is 0.661. The van der Waals surface area contributed by atoms with E-state index < -0.39 is 0 Å². The summed E-state index contributed by atoms with van der Waals surface area (Å²) in [7, 11) is 1.60. The average molecular weight is 309 g/mol. The molecule has 0 saturated heterocycles. The van der Waals surface area contributed by atoms with Crippen LogP contribution in [-0.2, 0) is 13.2 Å². The predicted molar refractivity (Wildman–Crippen MR) is 89.8 cm³/mol. The van der Waals surface area contributed by atoms with Crippen LogP contribution in [0, 0.1) is 0 Å². The van der Waals surface area contributed by atoms with E-state index in [1.165, 1.54) is 5.56 Å². The number of hydrogen-bond acceptors (Lipinski definition) is 4. The number of aromatic nitrogens is 2. The molecule has 0 atom stereocenters. The number of nitrogens with one attached hydrogen (secondary N) is 1. The van der Waals surface area contributed by atoms with Crippen molar-refractivity contribution in [3.05, 3.63) is 72.1 Å². The van der Waals surface area contributed by atoms with Gasteiger partial charge in [-0.15, -0.1) is 0 Å². The van der Waals surface area contributed by atoms with Crippen molar-refractivity contribution >= 4 is 5.69 Å². The van der Waals surface area contributed by atoms with Crippen LogP contribution in [-0.4, -0.2) is 22.0 Å². The Balaban J connectivity index is 1.66. The van der Waals surface area contributed by atoms with Crippen molar-refractivity contribution in [3.63, 3.8) is 0 Å². The summed E-state index contributed by atoms with van der Waals surface area (Å²) < 4.78 is 7.03. The van der Waals surface area contributed by atoms with Crippen LogP contribution < -0.4 is 10.1 Å². The zero-order valence-corrected chi connectivity index (χ0v) is 12.9. The number of aliphatic hydroxyl groups is 1. The van der Waals surface area contributed by atoms with Gasteiger partial charge in [-0.25, -0.2) is 4.68 Å². The Hall–Kier alpha value is -2.79. The van der Waals surface area contributed by atoms with Crippen molar-refractivity contribution in [2.45, 2.75) is 13.2 Å². The highest BCUT2D eigenvalue weighted by Gasteiger charge is 2.03. The maximum Gasteiger partial charge on any atom is 0.124 e. The van der Waals surface area contributed by atoms with Crippen molar-refractivity contribution < 1.29 is 9.84 Å². The Morgan fingerprint density at radius 1 is 1.17 bits per heavy atom. The lowest BCUT2D eigenvalue weighted by atomic mass is 10.1. The van der Waals surface area contributed by atoms with Crippen LogP contribution in [0.3, 0.4) is 0 Å². The van der Waals surface area contributed by atoms with Gasteiger partial charge in [0.15, 0.2) is 0 Å². The van der Waals surface area contributed by atoms with Gasteiger partial charge < -0.3 is 15.2 Å². The summed E-state index contributed by atoms with van der Waals surface area (Å²) in [5, 5.41) is 16.9. The third-order valence-electron chi connectivity index (χ3n) is 3.65. The van der Waals surface area contributed by atoms with Crippen LogP contribution in [0.1, 0.15) is 11.1 Å². The number of hydrogen-bond donors (Lipinski definition) is 2. The Morgan fingerprint density at radius 2 is 2.00 bits per heavy atom. The lowest BCUT2D eigenvalue weighted by Crippen LogP contribution is -2.01. The largest absolute Gasteiger partial charge is 0.496 e. The van der Waals surface area contributed by atoms with Crippen molar-refractivity contribution in [1.82, 2.24) is 9.78 Å². The summed E-state index contributed by atoms with van der Waals surface area (Å²) in [4.78, 5) is 0. The van der Waals surface area contributed by atoms with Gasteiger partial charge in [-0.2, -0.15) is 5.10 Å². The van der Waals surface area contributed by atoms with E-state index in [1.807, 2.05) is 47.3 Å². The van der Waals surface area contributed by atoms with Crippen LogP contribution in [0.2, 0.25) is 0 Å². The molecular formula is C18H19N3O2. The van der Waals surface area contributed by atoms with Gasteiger partial charge in [0, 0.05) is 30.2 Å². The summed E-state index contributed by atoms with van der Waals surface area (Å²) in [5.41, 5.74) is 3.92. The molecule has 0 aliphatic heterocycles. The minimum absolute atomic E-state index is 0.0444. The molecule has 0 aliphatic rings. The highest BCUT2D eigenvalue weighted by molar-refractivity contribution is 5.51. The number of rotatable bonds is 6. The molecule has 1 heterocycles. The van der Waals surface area contributed by atoms with E-state index in [-0.39, 0.29) is 6.61 Å². The predicted octanol–water partition coefficient (Wildman–Crippen LogP) is 2.99. The zero-order valence-electron chi connectivity index (χ0n) is 12.9. The molecule has 3 aromatic rings. The van der Waals surface area contributed by atoms with Gasteiger partial charge in [-0.05, 0) is 42.0 Å². The topological polar surface area (TPSA) is 59.3 Å². The van der Waals surface area contributed by atoms with E-state index in [1.54, 1.807) is 13.3 Å². The molecule has 2 N–H and O–H groups in total. The molecule has 5 heteroatoms. The van der Waals surface area contributed by atoms with Gasteiger partial charge in [0.2, 0.25) is 0 Å². The molecule has 1 aromatic heterocycles. The number of methoxy groups -OCH3 is 1. The lowest BCUT2D eigenvalue weighted by Gasteiger charge is -2.11. The monoisotopic (exact) mass is 309 g/mol. The van der Waals surface area contributed by atoms with E-state index >= 15 is 0 Å². The maximum atomic E-state index is 9.36. The fourth-order valence-corrected chi connectivity index (χ4v) is 2.40. The van der Waals surface area contributed by atoms with E-state index in [4.69, 9.17) is 4.74 Å². The number of anilines is 1. The number of benzene rings is 2.